The molecule has 2 rings (SSSR count). The van der Waals surface area contributed by atoms with Crippen LogP contribution in [-0.4, -0.2) is 27.5 Å². The molecular weight excluding hydrogens is 274 g/mol. The Bertz CT molecular complexity index is 700. The highest BCUT2D eigenvalue weighted by Crippen LogP contribution is 2.34. The molecule has 0 saturated carbocycles. The summed E-state index contributed by atoms with van der Waals surface area (Å²) < 4.78 is 0. The fraction of sp³-hybridized carbons (Fsp3) is 0.286. The number of amides is 1. The molecule has 0 fully saturated rings. The van der Waals surface area contributed by atoms with E-state index in [1.165, 1.54) is 18.3 Å². The Hall–Kier alpha value is -2.70. The first kappa shape index (κ1) is 14.7. The molecule has 0 aliphatic heterocycles. The van der Waals surface area contributed by atoms with Gasteiger partial charge >= 0.3 is 0 Å². The molecule has 0 saturated heterocycles. The van der Waals surface area contributed by atoms with Gasteiger partial charge in [0.25, 0.3) is 11.6 Å². The van der Waals surface area contributed by atoms with Crippen molar-refractivity contribution < 1.29 is 14.8 Å². The first-order valence-corrected chi connectivity index (χ1v) is 6.59. The summed E-state index contributed by atoms with van der Waals surface area (Å²) in [6, 6.07) is 4.11. The second-order valence-corrected chi connectivity index (χ2v) is 4.56. The summed E-state index contributed by atoms with van der Waals surface area (Å²) in [4.78, 5) is 26.5. The monoisotopic (exact) mass is 289 g/mol. The molecule has 1 heterocycles. The Labute approximate surface area is 120 Å². The highest BCUT2D eigenvalue weighted by molar-refractivity contribution is 6.05. The largest absolute Gasteiger partial charge is 0.505 e. The zero-order valence-electron chi connectivity index (χ0n) is 11.5. The number of nitrogens with one attached hydrogen (secondary N) is 1. The maximum absolute atomic E-state index is 12.0. The minimum absolute atomic E-state index is 0.0485. The highest BCUT2D eigenvalue weighted by Gasteiger charge is 2.22. The molecule has 21 heavy (non-hydrogen) atoms. The lowest BCUT2D eigenvalue weighted by Gasteiger charge is -2.08. The molecule has 0 aliphatic rings. The molecule has 0 radical (unpaired) electrons. The minimum Gasteiger partial charge on any atom is -0.505 e. The van der Waals surface area contributed by atoms with E-state index in [9.17, 15) is 20.0 Å². The molecule has 2 N–H and O–H groups in total. The van der Waals surface area contributed by atoms with Crippen molar-refractivity contribution in [2.45, 2.75) is 19.8 Å². The van der Waals surface area contributed by atoms with Gasteiger partial charge in [-0.2, -0.15) is 0 Å². The molecule has 1 amide bonds. The van der Waals surface area contributed by atoms with E-state index in [2.05, 4.69) is 10.3 Å². The number of nitro groups is 1. The number of nitro benzene ring substituents is 1. The van der Waals surface area contributed by atoms with Crippen molar-refractivity contribution in [3.8, 4) is 5.75 Å². The van der Waals surface area contributed by atoms with E-state index in [1.807, 2.05) is 6.92 Å². The number of nitrogens with zero attached hydrogens (tertiary/aromatic N) is 2. The zero-order chi connectivity index (χ0) is 15.4. The number of rotatable bonds is 5. The van der Waals surface area contributed by atoms with Crippen molar-refractivity contribution >= 4 is 22.5 Å². The number of phenolic OH excluding ortho intramolecular Hbond substituents is 1. The number of fused-ring (bicyclic) bond motifs is 1. The maximum Gasteiger partial charge on any atom is 0.279 e. The van der Waals surface area contributed by atoms with Gasteiger partial charge in [0.1, 0.15) is 5.52 Å². The topological polar surface area (TPSA) is 105 Å². The number of aromatic nitrogens is 1. The molecule has 0 spiro atoms. The Morgan fingerprint density at radius 1 is 1.52 bits per heavy atom. The molecule has 2 aromatic rings. The van der Waals surface area contributed by atoms with E-state index in [0.717, 1.165) is 18.9 Å². The average molecular weight is 289 g/mol. The lowest BCUT2D eigenvalue weighted by atomic mass is 10.1. The fourth-order valence-electron chi connectivity index (χ4n) is 2.01. The summed E-state index contributed by atoms with van der Waals surface area (Å²) in [7, 11) is 0. The molecule has 1 aromatic carbocycles. The normalized spacial score (nSPS) is 10.5. The Balaban J connectivity index is 2.51. The second-order valence-electron chi connectivity index (χ2n) is 4.56. The number of hydrogen-bond donors (Lipinski definition) is 2. The van der Waals surface area contributed by atoms with Gasteiger partial charge in [-0.1, -0.05) is 13.3 Å². The molecule has 1 aromatic heterocycles. The number of pyridine rings is 1. The Morgan fingerprint density at radius 2 is 2.29 bits per heavy atom. The first-order valence-electron chi connectivity index (χ1n) is 6.59. The third-order valence-corrected chi connectivity index (χ3v) is 3.10. The van der Waals surface area contributed by atoms with E-state index in [4.69, 9.17) is 0 Å². The minimum atomic E-state index is -0.591. The van der Waals surface area contributed by atoms with Crippen molar-refractivity contribution in [1.29, 1.82) is 0 Å². The Kier molecular flexibility index (Phi) is 4.32. The van der Waals surface area contributed by atoms with Crippen LogP contribution in [-0.2, 0) is 0 Å². The number of phenols is 1. The number of aromatic hydroxyl groups is 1. The van der Waals surface area contributed by atoms with Crippen LogP contribution in [0.1, 0.15) is 30.1 Å². The van der Waals surface area contributed by atoms with E-state index >= 15 is 0 Å². The van der Waals surface area contributed by atoms with Gasteiger partial charge in [-0.3, -0.25) is 19.9 Å². The molecule has 0 bridgehead atoms. The van der Waals surface area contributed by atoms with Crippen LogP contribution in [0.4, 0.5) is 5.69 Å². The summed E-state index contributed by atoms with van der Waals surface area (Å²) in [6.45, 7) is 2.43. The molecule has 0 aliphatic carbocycles. The number of unbranched alkanes of at least 4 members (excludes halogenated alkanes) is 1. The smallest absolute Gasteiger partial charge is 0.279 e. The number of benzene rings is 1. The third-order valence-electron chi connectivity index (χ3n) is 3.10. The van der Waals surface area contributed by atoms with Crippen LogP contribution < -0.4 is 5.32 Å². The lowest BCUT2D eigenvalue weighted by molar-refractivity contribution is -0.383. The maximum atomic E-state index is 12.0. The van der Waals surface area contributed by atoms with Crippen LogP contribution in [0.25, 0.3) is 10.9 Å². The van der Waals surface area contributed by atoms with Gasteiger partial charge in [0.15, 0.2) is 5.75 Å². The van der Waals surface area contributed by atoms with Crippen molar-refractivity contribution in [2.75, 3.05) is 6.54 Å². The number of carbonyl (C=O) groups is 1. The predicted octanol–water partition coefficient (Wildman–Crippen LogP) is 2.38. The molecule has 0 unspecified atom stereocenters. The lowest BCUT2D eigenvalue weighted by Crippen LogP contribution is -2.24. The zero-order valence-corrected chi connectivity index (χ0v) is 11.5. The molecule has 7 nitrogen and oxygen atoms in total. The van der Waals surface area contributed by atoms with Crippen molar-refractivity contribution in [2.24, 2.45) is 0 Å². The van der Waals surface area contributed by atoms with Crippen molar-refractivity contribution in [3.05, 3.63) is 40.1 Å². The second kappa shape index (κ2) is 6.17. The molecular formula is C14H15N3O4. The van der Waals surface area contributed by atoms with Crippen LogP contribution in [0.15, 0.2) is 24.4 Å². The van der Waals surface area contributed by atoms with E-state index in [-0.39, 0.29) is 27.9 Å². The Morgan fingerprint density at radius 3 is 2.95 bits per heavy atom. The highest BCUT2D eigenvalue weighted by atomic mass is 16.6. The van der Waals surface area contributed by atoms with Gasteiger partial charge in [-0.05, 0) is 18.6 Å². The summed E-state index contributed by atoms with van der Waals surface area (Å²) in [6.07, 6.45) is 3.11. The first-order chi connectivity index (χ1) is 10.1. The van der Waals surface area contributed by atoms with Crippen LogP contribution in [0.5, 0.6) is 5.75 Å². The summed E-state index contributed by atoms with van der Waals surface area (Å²) in [5.41, 5.74) is -0.340. The van der Waals surface area contributed by atoms with Crippen molar-refractivity contribution in [1.82, 2.24) is 10.3 Å². The summed E-state index contributed by atoms with van der Waals surface area (Å²) in [5.74, 6) is -0.887. The molecule has 7 heteroatoms. The standard InChI is InChI=1S/C14H15N3O4/c1-2-3-6-16-14(19)10-8-11(17(20)21)9-5-4-7-15-12(9)13(10)18/h4-5,7-8,18H,2-3,6H2,1H3,(H,16,19). The third kappa shape index (κ3) is 2.91. The van der Waals surface area contributed by atoms with E-state index in [0.29, 0.717) is 6.54 Å². The van der Waals surface area contributed by atoms with E-state index < -0.39 is 10.8 Å². The van der Waals surface area contributed by atoms with E-state index in [1.54, 1.807) is 0 Å². The van der Waals surface area contributed by atoms with Gasteiger partial charge in [0, 0.05) is 18.8 Å². The van der Waals surface area contributed by atoms with Gasteiger partial charge in [-0.15, -0.1) is 0 Å². The summed E-state index contributed by atoms with van der Waals surface area (Å²) in [5, 5.41) is 24.1. The van der Waals surface area contributed by atoms with Crippen LogP contribution >= 0.6 is 0 Å². The van der Waals surface area contributed by atoms with Crippen molar-refractivity contribution in [3.63, 3.8) is 0 Å². The predicted molar refractivity (Wildman–Crippen MR) is 77.3 cm³/mol. The quantitative estimate of drug-likeness (QED) is 0.499. The molecule has 0 atom stereocenters. The van der Waals surface area contributed by atoms with Crippen LogP contribution in [0.3, 0.4) is 0 Å². The summed E-state index contributed by atoms with van der Waals surface area (Å²) >= 11 is 0. The van der Waals surface area contributed by atoms with Gasteiger partial charge < -0.3 is 10.4 Å². The average Bonchev–Trinajstić information content (AvgIpc) is 2.47. The number of carbonyl (C=O) groups excluding carboxylic acids is 1. The SMILES string of the molecule is CCCCNC(=O)c1cc([N+](=O)[O-])c2cccnc2c1O. The van der Waals surface area contributed by atoms with Gasteiger partial charge in [-0.25, -0.2) is 0 Å². The van der Waals surface area contributed by atoms with Crippen LogP contribution in [0, 0.1) is 10.1 Å². The fourth-order valence-corrected chi connectivity index (χ4v) is 2.01. The van der Waals surface area contributed by atoms with Gasteiger partial charge in [0.2, 0.25) is 0 Å². The molecule has 110 valence electrons. The number of non-ortho nitro benzene ring substituents is 1. The van der Waals surface area contributed by atoms with Crippen LogP contribution in [0.2, 0.25) is 0 Å². The van der Waals surface area contributed by atoms with Gasteiger partial charge in [0.05, 0.1) is 15.9 Å². The number of hydrogen-bond acceptors (Lipinski definition) is 5.